The van der Waals surface area contributed by atoms with Crippen molar-refractivity contribution in [1.29, 1.82) is 0 Å². The van der Waals surface area contributed by atoms with Gasteiger partial charge in [-0.2, -0.15) is 0 Å². The standard InChI is InChI=1S/C30H40BrN3O6/c1-16-13-17(2)32-26(35)23(16)34(8)27(36)21-14-22(31)25-24(18(21)3)38-30(7,39-25)15-19-9-11-20(12-10-19)33-28(37)40-29(4,5)6/h13-14,19-20H,9-12,15H2,1-8H3,(H,32,35)(H,33,37). The number of aromatic nitrogens is 1. The van der Waals surface area contributed by atoms with Crippen LogP contribution in [0.4, 0.5) is 10.5 Å². The zero-order valence-corrected chi connectivity index (χ0v) is 26.2. The minimum absolute atomic E-state index is 0.0906. The maximum absolute atomic E-state index is 13.6. The highest BCUT2D eigenvalue weighted by molar-refractivity contribution is 9.10. The van der Waals surface area contributed by atoms with E-state index in [4.69, 9.17) is 14.2 Å². The first kappa shape index (κ1) is 30.0. The van der Waals surface area contributed by atoms with Crippen LogP contribution in [0.3, 0.4) is 0 Å². The topological polar surface area (TPSA) is 110 Å². The summed E-state index contributed by atoms with van der Waals surface area (Å²) in [5.41, 5.74) is 2.02. The molecule has 4 rings (SSSR count). The van der Waals surface area contributed by atoms with Gasteiger partial charge < -0.3 is 29.4 Å². The molecule has 1 unspecified atom stereocenters. The molecule has 0 radical (unpaired) electrons. The van der Waals surface area contributed by atoms with Gasteiger partial charge in [-0.05, 0) is 107 Å². The van der Waals surface area contributed by atoms with Crippen LogP contribution in [-0.4, -0.2) is 41.5 Å². The fourth-order valence-electron chi connectivity index (χ4n) is 5.73. The molecule has 218 valence electrons. The fraction of sp³-hybridized carbons (Fsp3) is 0.567. The summed E-state index contributed by atoms with van der Waals surface area (Å²) in [5, 5.41) is 2.99. The van der Waals surface area contributed by atoms with Gasteiger partial charge in [0.2, 0.25) is 5.79 Å². The van der Waals surface area contributed by atoms with Crippen LogP contribution in [0.1, 0.15) is 87.0 Å². The molecule has 2 aromatic rings. The number of pyridine rings is 1. The van der Waals surface area contributed by atoms with Gasteiger partial charge in [0.05, 0.1) is 4.47 Å². The average molecular weight is 619 g/mol. The molecule has 0 bridgehead atoms. The quantitative estimate of drug-likeness (QED) is 0.407. The lowest BCUT2D eigenvalue weighted by Crippen LogP contribution is -2.42. The van der Waals surface area contributed by atoms with E-state index in [2.05, 4.69) is 26.2 Å². The molecule has 2 aliphatic rings. The molecular formula is C30H40BrN3O6. The first-order valence-corrected chi connectivity index (χ1v) is 14.6. The predicted octanol–water partition coefficient (Wildman–Crippen LogP) is 6.30. The van der Waals surface area contributed by atoms with E-state index in [0.717, 1.165) is 36.9 Å². The molecule has 1 aromatic carbocycles. The third-order valence-corrected chi connectivity index (χ3v) is 8.09. The Morgan fingerprint density at radius 1 is 1.12 bits per heavy atom. The maximum atomic E-state index is 13.6. The molecule has 1 aliphatic carbocycles. The van der Waals surface area contributed by atoms with Gasteiger partial charge in [-0.3, -0.25) is 9.59 Å². The van der Waals surface area contributed by atoms with Crippen LogP contribution in [0.25, 0.3) is 0 Å². The van der Waals surface area contributed by atoms with Gasteiger partial charge in [0.15, 0.2) is 11.5 Å². The van der Waals surface area contributed by atoms with Crippen LogP contribution < -0.4 is 25.2 Å². The number of halogens is 1. The molecular weight excluding hydrogens is 578 g/mol. The molecule has 2 amide bonds. The number of benzene rings is 1. The minimum atomic E-state index is -0.885. The molecule has 1 fully saturated rings. The van der Waals surface area contributed by atoms with Crippen LogP contribution in [-0.2, 0) is 4.74 Å². The highest BCUT2D eigenvalue weighted by Gasteiger charge is 2.43. The number of fused-ring (bicyclic) bond motifs is 1. The van der Waals surface area contributed by atoms with Gasteiger partial charge in [0.1, 0.15) is 11.3 Å². The van der Waals surface area contributed by atoms with E-state index >= 15 is 0 Å². The number of H-pyrrole nitrogens is 1. The summed E-state index contributed by atoms with van der Waals surface area (Å²) in [4.78, 5) is 42.5. The Balaban J connectivity index is 1.44. The number of carbonyl (C=O) groups excluding carboxylic acids is 2. The summed E-state index contributed by atoms with van der Waals surface area (Å²) in [6.07, 6.45) is 3.88. The third-order valence-electron chi connectivity index (χ3n) is 7.50. The number of ether oxygens (including phenoxy) is 3. The van der Waals surface area contributed by atoms with Crippen molar-refractivity contribution in [3.63, 3.8) is 0 Å². The molecule has 0 saturated heterocycles. The van der Waals surface area contributed by atoms with Gasteiger partial charge >= 0.3 is 6.09 Å². The number of carbonyl (C=O) groups is 2. The Hall–Kier alpha value is -3.01. The molecule has 1 aliphatic heterocycles. The molecule has 1 atom stereocenters. The molecule has 10 heteroatoms. The summed E-state index contributed by atoms with van der Waals surface area (Å²) >= 11 is 3.58. The van der Waals surface area contributed by atoms with Crippen molar-refractivity contribution in [3.05, 3.63) is 49.3 Å². The normalized spacial score (nSPS) is 22.1. The molecule has 2 heterocycles. The lowest BCUT2D eigenvalue weighted by molar-refractivity contribution is -0.0835. The average Bonchev–Trinajstić information content (AvgIpc) is 3.18. The van der Waals surface area contributed by atoms with Gasteiger partial charge in [-0.25, -0.2) is 4.79 Å². The minimum Gasteiger partial charge on any atom is -0.448 e. The number of nitrogens with one attached hydrogen (secondary N) is 2. The van der Waals surface area contributed by atoms with Crippen molar-refractivity contribution >= 4 is 33.6 Å². The maximum Gasteiger partial charge on any atom is 0.407 e. The van der Waals surface area contributed by atoms with E-state index in [1.165, 1.54) is 4.90 Å². The van der Waals surface area contributed by atoms with Gasteiger partial charge in [-0.15, -0.1) is 0 Å². The molecule has 2 N–H and O–H groups in total. The van der Waals surface area contributed by atoms with E-state index in [-0.39, 0.29) is 23.6 Å². The second-order valence-corrected chi connectivity index (χ2v) is 13.1. The molecule has 1 saturated carbocycles. The van der Waals surface area contributed by atoms with Crippen LogP contribution in [0.2, 0.25) is 0 Å². The second-order valence-electron chi connectivity index (χ2n) is 12.3. The monoisotopic (exact) mass is 617 g/mol. The van der Waals surface area contributed by atoms with Crippen molar-refractivity contribution in [2.75, 3.05) is 11.9 Å². The summed E-state index contributed by atoms with van der Waals surface area (Å²) in [5.74, 6) is 0.265. The molecule has 1 aromatic heterocycles. The van der Waals surface area contributed by atoms with Crippen molar-refractivity contribution in [1.82, 2.24) is 10.3 Å². The lowest BCUT2D eigenvalue weighted by Gasteiger charge is -2.33. The highest BCUT2D eigenvalue weighted by Crippen LogP contribution is 2.50. The van der Waals surface area contributed by atoms with E-state index in [9.17, 15) is 14.4 Å². The van der Waals surface area contributed by atoms with E-state index < -0.39 is 11.4 Å². The van der Waals surface area contributed by atoms with E-state index in [1.807, 2.05) is 54.5 Å². The largest absolute Gasteiger partial charge is 0.448 e. The molecule has 0 spiro atoms. The summed E-state index contributed by atoms with van der Waals surface area (Å²) in [6, 6.07) is 3.66. The zero-order chi connectivity index (χ0) is 29.6. The first-order valence-electron chi connectivity index (χ1n) is 13.8. The molecule has 40 heavy (non-hydrogen) atoms. The number of anilines is 1. The Kier molecular flexibility index (Phi) is 8.32. The first-order chi connectivity index (χ1) is 18.6. The van der Waals surface area contributed by atoms with Crippen molar-refractivity contribution in [3.8, 4) is 11.5 Å². The number of amides is 2. The Morgan fingerprint density at radius 3 is 2.35 bits per heavy atom. The van der Waals surface area contributed by atoms with E-state index in [1.54, 1.807) is 13.1 Å². The van der Waals surface area contributed by atoms with Gasteiger partial charge in [0.25, 0.3) is 11.5 Å². The second kappa shape index (κ2) is 11.1. The summed E-state index contributed by atoms with van der Waals surface area (Å²) in [7, 11) is 1.60. The van der Waals surface area contributed by atoms with Crippen molar-refractivity contribution < 1.29 is 23.8 Å². The van der Waals surface area contributed by atoms with Crippen LogP contribution in [0.15, 0.2) is 21.4 Å². The number of nitrogens with zero attached hydrogens (tertiary/aromatic N) is 1. The molecule has 9 nitrogen and oxygen atoms in total. The number of alkyl carbamates (subject to hydrolysis) is 1. The van der Waals surface area contributed by atoms with Crippen molar-refractivity contribution in [2.24, 2.45) is 5.92 Å². The van der Waals surface area contributed by atoms with Crippen molar-refractivity contribution in [2.45, 2.75) is 98.0 Å². The fourth-order valence-corrected chi connectivity index (χ4v) is 6.22. The SMILES string of the molecule is Cc1cc(C)c(N(C)C(=O)c2cc(Br)c3c(c2C)OC(C)(CC2CCC(NC(=O)OC(C)(C)C)CC2)O3)c(=O)[nH]1. The third kappa shape index (κ3) is 6.48. The summed E-state index contributed by atoms with van der Waals surface area (Å²) in [6.45, 7) is 12.9. The summed E-state index contributed by atoms with van der Waals surface area (Å²) < 4.78 is 18.8. The highest BCUT2D eigenvalue weighted by atomic mass is 79.9. The lowest BCUT2D eigenvalue weighted by atomic mass is 9.82. The number of hydrogen-bond acceptors (Lipinski definition) is 6. The predicted molar refractivity (Wildman–Crippen MR) is 158 cm³/mol. The van der Waals surface area contributed by atoms with Gasteiger partial charge in [0, 0.05) is 43.3 Å². The number of hydrogen-bond donors (Lipinski definition) is 2. The Morgan fingerprint density at radius 2 is 1.75 bits per heavy atom. The van der Waals surface area contributed by atoms with Gasteiger partial charge in [-0.1, -0.05) is 0 Å². The van der Waals surface area contributed by atoms with Crippen LogP contribution in [0, 0.1) is 26.7 Å². The number of aryl methyl sites for hydroxylation is 2. The van der Waals surface area contributed by atoms with E-state index in [0.29, 0.717) is 45.1 Å². The van der Waals surface area contributed by atoms with Crippen LogP contribution in [0.5, 0.6) is 11.5 Å². The zero-order valence-electron chi connectivity index (χ0n) is 24.6. The van der Waals surface area contributed by atoms with Crippen LogP contribution >= 0.6 is 15.9 Å². The smallest absolute Gasteiger partial charge is 0.407 e. The Bertz CT molecular complexity index is 1370. The Labute approximate surface area is 244 Å². The number of rotatable bonds is 5. The number of aromatic amines is 1.